The molecular formula is C14H17ClN4O2S. The summed E-state index contributed by atoms with van der Waals surface area (Å²) in [6.45, 7) is 3.92. The molecule has 3 rings (SSSR count). The fourth-order valence-electron chi connectivity index (χ4n) is 2.54. The number of hydrogen-bond donors (Lipinski definition) is 1. The van der Waals surface area contributed by atoms with E-state index in [1.807, 2.05) is 6.92 Å². The van der Waals surface area contributed by atoms with Crippen molar-refractivity contribution in [2.75, 3.05) is 13.2 Å². The normalized spacial score (nSPS) is 23.6. The maximum Gasteiger partial charge on any atom is 0.276 e. The third kappa shape index (κ3) is 3.02. The predicted molar refractivity (Wildman–Crippen MR) is 87.3 cm³/mol. The Morgan fingerprint density at radius 3 is 3.09 bits per heavy atom. The number of carbonyl (C=O) groups is 1. The molecule has 0 bridgehead atoms. The number of nitrogens with zero attached hydrogens (tertiary/aromatic N) is 3. The molecule has 6 nitrogen and oxygen atoms in total. The van der Waals surface area contributed by atoms with Gasteiger partial charge < -0.3 is 10.1 Å². The molecule has 1 atom stereocenters. The number of halogens is 1. The minimum absolute atomic E-state index is 0.0611. The molecule has 1 unspecified atom stereocenters. The Labute approximate surface area is 139 Å². The highest BCUT2D eigenvalue weighted by atomic mass is 35.5. The Hall–Kier alpha value is -1.44. The van der Waals surface area contributed by atoms with E-state index in [0.29, 0.717) is 34.6 Å². The zero-order valence-electron chi connectivity index (χ0n) is 12.2. The molecule has 22 heavy (non-hydrogen) atoms. The molecule has 3 heterocycles. The smallest absolute Gasteiger partial charge is 0.276 e. The Morgan fingerprint density at radius 1 is 1.64 bits per heavy atom. The largest absolute Gasteiger partial charge is 0.376 e. The number of aryl methyl sites for hydroxylation is 1. The lowest BCUT2D eigenvalue weighted by Crippen LogP contribution is -2.37. The summed E-state index contributed by atoms with van der Waals surface area (Å²) in [6.07, 6.45) is 5.41. The first-order valence-electron chi connectivity index (χ1n) is 7.27. The van der Waals surface area contributed by atoms with Gasteiger partial charge in [0.15, 0.2) is 5.11 Å². The SMILES string of the molecule is CCn1cc(Cl)c(/C=C2/NC(=S)N(CC3CCCO3)C2=O)n1. The highest BCUT2D eigenvalue weighted by molar-refractivity contribution is 7.80. The average molecular weight is 341 g/mol. The molecule has 0 aliphatic carbocycles. The number of thiocarbonyl (C=S) groups is 1. The van der Waals surface area contributed by atoms with Gasteiger partial charge >= 0.3 is 0 Å². The highest BCUT2D eigenvalue weighted by Gasteiger charge is 2.33. The second-order valence-electron chi connectivity index (χ2n) is 5.26. The van der Waals surface area contributed by atoms with Gasteiger partial charge in [0, 0.05) is 19.3 Å². The van der Waals surface area contributed by atoms with Gasteiger partial charge in [-0.25, -0.2) is 0 Å². The Kier molecular flexibility index (Phi) is 4.46. The van der Waals surface area contributed by atoms with E-state index < -0.39 is 0 Å². The maximum atomic E-state index is 12.5. The molecule has 1 N–H and O–H groups in total. The molecule has 2 fully saturated rings. The van der Waals surface area contributed by atoms with Gasteiger partial charge in [-0.15, -0.1) is 0 Å². The fraction of sp³-hybridized carbons (Fsp3) is 0.500. The minimum Gasteiger partial charge on any atom is -0.376 e. The van der Waals surface area contributed by atoms with Crippen LogP contribution < -0.4 is 5.32 Å². The van der Waals surface area contributed by atoms with E-state index in [9.17, 15) is 4.79 Å². The Morgan fingerprint density at radius 2 is 2.45 bits per heavy atom. The number of nitrogens with one attached hydrogen (secondary N) is 1. The van der Waals surface area contributed by atoms with Crippen LogP contribution in [0.25, 0.3) is 6.08 Å². The molecular weight excluding hydrogens is 324 g/mol. The molecule has 1 aromatic heterocycles. The van der Waals surface area contributed by atoms with E-state index >= 15 is 0 Å². The fourth-order valence-corrected chi connectivity index (χ4v) is 3.01. The van der Waals surface area contributed by atoms with Crippen molar-refractivity contribution in [1.82, 2.24) is 20.0 Å². The number of amides is 1. The van der Waals surface area contributed by atoms with Crippen LogP contribution >= 0.6 is 23.8 Å². The molecule has 2 saturated heterocycles. The van der Waals surface area contributed by atoms with E-state index in [4.69, 9.17) is 28.6 Å². The molecule has 1 amide bonds. The lowest BCUT2D eigenvalue weighted by Gasteiger charge is -2.18. The molecule has 2 aliphatic rings. The van der Waals surface area contributed by atoms with Crippen molar-refractivity contribution >= 4 is 40.9 Å². The summed E-state index contributed by atoms with van der Waals surface area (Å²) in [5.41, 5.74) is 0.951. The van der Waals surface area contributed by atoms with Crippen molar-refractivity contribution in [3.63, 3.8) is 0 Å². The molecule has 8 heteroatoms. The van der Waals surface area contributed by atoms with E-state index in [-0.39, 0.29) is 12.0 Å². The topological polar surface area (TPSA) is 59.4 Å². The molecule has 0 radical (unpaired) electrons. The summed E-state index contributed by atoms with van der Waals surface area (Å²) in [7, 11) is 0. The standard InChI is InChI=1S/C14H17ClN4O2S/c1-2-18-8-10(15)11(17-18)6-12-13(20)19(14(22)16-12)7-9-4-3-5-21-9/h6,8-9H,2-5,7H2,1H3,(H,16,22)/b12-6+. The molecule has 0 saturated carbocycles. The van der Waals surface area contributed by atoms with E-state index in [1.165, 1.54) is 0 Å². The first kappa shape index (κ1) is 15.5. The summed E-state index contributed by atoms with van der Waals surface area (Å²) in [4.78, 5) is 14.0. The van der Waals surface area contributed by atoms with E-state index in [0.717, 1.165) is 19.4 Å². The first-order chi connectivity index (χ1) is 10.6. The van der Waals surface area contributed by atoms with Gasteiger partial charge in [0.05, 0.1) is 17.7 Å². The van der Waals surface area contributed by atoms with Gasteiger partial charge in [0.2, 0.25) is 0 Å². The van der Waals surface area contributed by atoms with Crippen LogP contribution in [-0.4, -0.2) is 45.0 Å². The number of rotatable bonds is 4. The quantitative estimate of drug-likeness (QED) is 0.669. The van der Waals surface area contributed by atoms with Crippen molar-refractivity contribution in [2.24, 2.45) is 0 Å². The molecule has 0 spiro atoms. The van der Waals surface area contributed by atoms with Crippen LogP contribution in [0.5, 0.6) is 0 Å². The van der Waals surface area contributed by atoms with Gasteiger partial charge in [-0.1, -0.05) is 11.6 Å². The van der Waals surface area contributed by atoms with Crippen LogP contribution in [0, 0.1) is 0 Å². The summed E-state index contributed by atoms with van der Waals surface area (Å²) in [6, 6.07) is 0. The van der Waals surface area contributed by atoms with Crippen LogP contribution in [0.15, 0.2) is 11.9 Å². The van der Waals surface area contributed by atoms with E-state index in [2.05, 4.69) is 10.4 Å². The summed E-state index contributed by atoms with van der Waals surface area (Å²) in [5, 5.41) is 8.15. The second kappa shape index (κ2) is 6.36. The van der Waals surface area contributed by atoms with Gasteiger partial charge in [-0.3, -0.25) is 14.4 Å². The van der Waals surface area contributed by atoms with E-state index in [1.54, 1.807) is 21.9 Å². The summed E-state index contributed by atoms with van der Waals surface area (Å²) in [5.74, 6) is -0.164. The van der Waals surface area contributed by atoms with Crippen LogP contribution in [0.2, 0.25) is 5.02 Å². The van der Waals surface area contributed by atoms with Crippen molar-refractivity contribution in [3.8, 4) is 0 Å². The Balaban J connectivity index is 1.77. The Bertz CT molecular complexity index is 637. The van der Waals surface area contributed by atoms with Crippen LogP contribution in [0.1, 0.15) is 25.5 Å². The zero-order valence-corrected chi connectivity index (χ0v) is 13.8. The van der Waals surface area contributed by atoms with Crippen molar-refractivity contribution < 1.29 is 9.53 Å². The van der Waals surface area contributed by atoms with Crippen molar-refractivity contribution in [3.05, 3.63) is 22.6 Å². The van der Waals surface area contributed by atoms with Gasteiger partial charge in [-0.05, 0) is 38.1 Å². The third-order valence-corrected chi connectivity index (χ3v) is 4.33. The second-order valence-corrected chi connectivity index (χ2v) is 6.05. The molecule has 0 aromatic carbocycles. The first-order valence-corrected chi connectivity index (χ1v) is 8.06. The van der Waals surface area contributed by atoms with Gasteiger partial charge in [-0.2, -0.15) is 5.10 Å². The summed E-state index contributed by atoms with van der Waals surface area (Å²) >= 11 is 11.4. The molecule has 118 valence electrons. The maximum absolute atomic E-state index is 12.5. The van der Waals surface area contributed by atoms with Crippen molar-refractivity contribution in [2.45, 2.75) is 32.4 Å². The monoisotopic (exact) mass is 340 g/mol. The molecule has 2 aliphatic heterocycles. The van der Waals surface area contributed by atoms with Crippen LogP contribution in [0.4, 0.5) is 0 Å². The predicted octanol–water partition coefficient (Wildman–Crippen LogP) is 1.79. The highest BCUT2D eigenvalue weighted by Crippen LogP contribution is 2.21. The third-order valence-electron chi connectivity index (χ3n) is 3.72. The number of ether oxygens (including phenoxy) is 1. The average Bonchev–Trinajstić information content (AvgIpc) is 3.18. The van der Waals surface area contributed by atoms with Crippen molar-refractivity contribution in [1.29, 1.82) is 0 Å². The van der Waals surface area contributed by atoms with Gasteiger partial charge in [0.1, 0.15) is 11.4 Å². The lowest BCUT2D eigenvalue weighted by atomic mass is 10.2. The van der Waals surface area contributed by atoms with Gasteiger partial charge in [0.25, 0.3) is 5.91 Å². The number of aromatic nitrogens is 2. The lowest BCUT2D eigenvalue weighted by molar-refractivity contribution is -0.123. The minimum atomic E-state index is -0.164. The van der Waals surface area contributed by atoms with Crippen LogP contribution in [-0.2, 0) is 16.1 Å². The molecule has 1 aromatic rings. The number of carbonyl (C=O) groups excluding carboxylic acids is 1. The summed E-state index contributed by atoms with van der Waals surface area (Å²) < 4.78 is 7.28. The zero-order chi connectivity index (χ0) is 15.7. The number of hydrogen-bond acceptors (Lipinski definition) is 4. The van der Waals surface area contributed by atoms with Crippen LogP contribution in [0.3, 0.4) is 0 Å².